The normalized spacial score (nSPS) is 16.3. The van der Waals surface area contributed by atoms with Gasteiger partial charge in [0.1, 0.15) is 5.69 Å². The van der Waals surface area contributed by atoms with Crippen molar-refractivity contribution < 1.29 is 4.79 Å². The highest BCUT2D eigenvalue weighted by Crippen LogP contribution is 2.33. The lowest BCUT2D eigenvalue weighted by Crippen LogP contribution is -2.62. The van der Waals surface area contributed by atoms with Crippen LogP contribution in [0.5, 0.6) is 0 Å². The van der Waals surface area contributed by atoms with Gasteiger partial charge >= 0.3 is 0 Å². The van der Waals surface area contributed by atoms with Crippen LogP contribution in [0.25, 0.3) is 11.3 Å². The zero-order valence-electron chi connectivity index (χ0n) is 19.5. The summed E-state index contributed by atoms with van der Waals surface area (Å²) in [6.45, 7) is 6.90. The minimum atomic E-state index is -0.119. The summed E-state index contributed by atoms with van der Waals surface area (Å²) in [5.74, 6) is 1.15. The molecule has 2 aromatic heterocycles. The van der Waals surface area contributed by atoms with Crippen LogP contribution in [-0.4, -0.2) is 71.1 Å². The molecule has 176 valence electrons. The maximum atomic E-state index is 12.8. The fraction of sp³-hybridized carbons (Fsp3) is 0.500. The maximum absolute atomic E-state index is 12.8. The molecular weight excluding hydrogens is 418 g/mol. The first-order chi connectivity index (χ1) is 15.9. The Labute approximate surface area is 194 Å². The predicted octanol–water partition coefficient (Wildman–Crippen LogP) is 1.86. The number of hydrogen-bond donors (Lipinski definition) is 3. The molecule has 0 spiro atoms. The van der Waals surface area contributed by atoms with Crippen LogP contribution in [0.3, 0.4) is 0 Å². The highest BCUT2D eigenvalue weighted by atomic mass is 16.2. The molecule has 2 aromatic rings. The lowest BCUT2D eigenvalue weighted by atomic mass is 10.0. The summed E-state index contributed by atoms with van der Waals surface area (Å²) in [6, 6.07) is 4.25. The molecule has 0 aromatic carbocycles. The number of hydrogen-bond acceptors (Lipinski definition) is 7. The van der Waals surface area contributed by atoms with Gasteiger partial charge in [-0.15, -0.1) is 0 Å². The summed E-state index contributed by atoms with van der Waals surface area (Å²) >= 11 is 0. The van der Waals surface area contributed by atoms with Gasteiger partial charge in [0.2, 0.25) is 11.9 Å². The van der Waals surface area contributed by atoms with Crippen molar-refractivity contribution in [2.75, 3.05) is 43.4 Å². The van der Waals surface area contributed by atoms with Crippen LogP contribution < -0.4 is 21.1 Å². The molecule has 2 aliphatic rings. The van der Waals surface area contributed by atoms with E-state index in [1.54, 1.807) is 25.5 Å². The molecule has 4 rings (SSSR count). The second-order valence-corrected chi connectivity index (χ2v) is 9.08. The van der Waals surface area contributed by atoms with E-state index >= 15 is 0 Å². The van der Waals surface area contributed by atoms with Crippen molar-refractivity contribution >= 4 is 17.5 Å². The fourth-order valence-electron chi connectivity index (χ4n) is 3.90. The van der Waals surface area contributed by atoms with Crippen molar-refractivity contribution in [3.63, 3.8) is 0 Å². The molecule has 3 heterocycles. The third-order valence-electron chi connectivity index (χ3n) is 6.04. The standard InChI is InChI=1S/C24H33N7O2/c1-16(2)26-9-4-5-22(32)30-14-19(15-30)31(13-17-6-7-17)21-11-18(12-28-23(21)33)20-8-10-27-24(25-3)29-20/h4-5,8,10-12,16-17,19,26H,6-7,9,13-15H2,1-3H3,(H,28,33)(H,25,27,29). The summed E-state index contributed by atoms with van der Waals surface area (Å²) < 4.78 is 0. The molecule has 0 bridgehead atoms. The van der Waals surface area contributed by atoms with Gasteiger partial charge in [-0.25, -0.2) is 9.97 Å². The second-order valence-electron chi connectivity index (χ2n) is 9.08. The Hall–Kier alpha value is -3.20. The van der Waals surface area contributed by atoms with Crippen LogP contribution in [-0.2, 0) is 4.79 Å². The Morgan fingerprint density at radius 1 is 1.36 bits per heavy atom. The molecular formula is C24H33N7O2. The summed E-state index contributed by atoms with van der Waals surface area (Å²) in [7, 11) is 1.77. The Morgan fingerprint density at radius 3 is 2.85 bits per heavy atom. The van der Waals surface area contributed by atoms with E-state index in [1.165, 1.54) is 12.8 Å². The van der Waals surface area contributed by atoms with Gasteiger partial charge in [0.05, 0.1) is 11.7 Å². The van der Waals surface area contributed by atoms with E-state index < -0.39 is 0 Å². The number of anilines is 2. The molecule has 0 unspecified atom stereocenters. The molecule has 1 aliphatic heterocycles. The molecule has 9 nitrogen and oxygen atoms in total. The maximum Gasteiger partial charge on any atom is 0.271 e. The summed E-state index contributed by atoms with van der Waals surface area (Å²) in [6.07, 6.45) is 9.26. The van der Waals surface area contributed by atoms with E-state index in [-0.39, 0.29) is 17.5 Å². The molecule has 2 fully saturated rings. The fourth-order valence-corrected chi connectivity index (χ4v) is 3.90. The van der Waals surface area contributed by atoms with Gasteiger partial charge in [0.25, 0.3) is 5.56 Å². The molecule has 1 aliphatic carbocycles. The highest BCUT2D eigenvalue weighted by Gasteiger charge is 2.37. The van der Waals surface area contributed by atoms with Gasteiger partial charge in [-0.2, -0.15) is 0 Å². The number of H-pyrrole nitrogens is 1. The summed E-state index contributed by atoms with van der Waals surface area (Å²) in [4.78, 5) is 40.9. The third-order valence-corrected chi connectivity index (χ3v) is 6.04. The average molecular weight is 452 g/mol. The number of nitrogens with one attached hydrogen (secondary N) is 3. The number of aromatic nitrogens is 3. The number of pyridine rings is 1. The van der Waals surface area contributed by atoms with E-state index in [0.717, 1.165) is 17.8 Å². The van der Waals surface area contributed by atoms with Gasteiger partial charge in [-0.1, -0.05) is 19.9 Å². The Kier molecular flexibility index (Phi) is 7.08. The molecule has 33 heavy (non-hydrogen) atoms. The lowest BCUT2D eigenvalue weighted by molar-refractivity contribution is -0.130. The molecule has 1 amide bonds. The van der Waals surface area contributed by atoms with Gasteiger partial charge in [-0.3, -0.25) is 9.59 Å². The average Bonchev–Trinajstić information content (AvgIpc) is 3.59. The SMILES string of the molecule is CNc1nccc(-c2c[nH]c(=O)c(N(CC3CC3)C3CN(C(=O)C=CCNC(C)C)C3)c2)n1. The van der Waals surface area contributed by atoms with Crippen molar-refractivity contribution in [1.29, 1.82) is 0 Å². The van der Waals surface area contributed by atoms with E-state index in [9.17, 15) is 9.59 Å². The quantitative estimate of drug-likeness (QED) is 0.474. The summed E-state index contributed by atoms with van der Waals surface area (Å²) in [5.41, 5.74) is 2.09. The van der Waals surface area contributed by atoms with Gasteiger partial charge in [0.15, 0.2) is 0 Å². The third kappa shape index (κ3) is 5.78. The van der Waals surface area contributed by atoms with Crippen LogP contribution in [0.1, 0.15) is 26.7 Å². The molecule has 0 atom stereocenters. The number of nitrogens with zero attached hydrogens (tertiary/aromatic N) is 4. The van der Waals surface area contributed by atoms with E-state index in [0.29, 0.717) is 43.2 Å². The number of likely N-dealkylation sites (tertiary alicyclic amines) is 1. The zero-order valence-corrected chi connectivity index (χ0v) is 19.5. The van der Waals surface area contributed by atoms with Crippen molar-refractivity contribution in [3.05, 3.63) is 47.0 Å². The van der Waals surface area contributed by atoms with Crippen LogP contribution in [0.4, 0.5) is 11.6 Å². The van der Waals surface area contributed by atoms with Gasteiger partial charge in [0, 0.05) is 63.3 Å². The number of carbonyl (C=O) groups is 1. The Morgan fingerprint density at radius 2 is 2.15 bits per heavy atom. The molecule has 0 radical (unpaired) electrons. The van der Waals surface area contributed by atoms with E-state index in [1.807, 2.05) is 23.1 Å². The largest absolute Gasteiger partial charge is 0.360 e. The molecule has 1 saturated heterocycles. The first kappa shape index (κ1) is 23.0. The molecule has 9 heteroatoms. The van der Waals surface area contributed by atoms with Gasteiger partial charge < -0.3 is 25.4 Å². The minimum Gasteiger partial charge on any atom is -0.360 e. The van der Waals surface area contributed by atoms with Crippen LogP contribution in [0.15, 0.2) is 41.5 Å². The smallest absolute Gasteiger partial charge is 0.271 e. The first-order valence-electron chi connectivity index (χ1n) is 11.6. The predicted molar refractivity (Wildman–Crippen MR) is 130 cm³/mol. The topological polar surface area (TPSA) is 106 Å². The summed E-state index contributed by atoms with van der Waals surface area (Å²) in [5, 5.41) is 6.21. The number of rotatable bonds is 10. The van der Waals surface area contributed by atoms with Crippen molar-refractivity contribution in [2.45, 2.75) is 38.8 Å². The zero-order chi connectivity index (χ0) is 23.4. The first-order valence-corrected chi connectivity index (χ1v) is 11.6. The highest BCUT2D eigenvalue weighted by molar-refractivity contribution is 5.88. The number of amides is 1. The Bertz CT molecular complexity index is 1050. The minimum absolute atomic E-state index is 0.0198. The van der Waals surface area contributed by atoms with Crippen molar-refractivity contribution in [1.82, 2.24) is 25.2 Å². The van der Waals surface area contributed by atoms with Crippen molar-refractivity contribution in [2.24, 2.45) is 5.92 Å². The second kappa shape index (κ2) is 10.2. The monoisotopic (exact) mass is 451 g/mol. The van der Waals surface area contributed by atoms with Crippen LogP contribution in [0, 0.1) is 5.92 Å². The van der Waals surface area contributed by atoms with E-state index in [4.69, 9.17) is 0 Å². The molecule has 3 N–H and O–H groups in total. The van der Waals surface area contributed by atoms with Crippen molar-refractivity contribution in [3.8, 4) is 11.3 Å². The number of carbonyl (C=O) groups excluding carboxylic acids is 1. The van der Waals surface area contributed by atoms with Gasteiger partial charge in [-0.05, 0) is 30.9 Å². The lowest BCUT2D eigenvalue weighted by Gasteiger charge is -2.46. The Balaban J connectivity index is 1.48. The van der Waals surface area contributed by atoms with Crippen LogP contribution in [0.2, 0.25) is 0 Å². The van der Waals surface area contributed by atoms with E-state index in [2.05, 4.69) is 44.3 Å². The molecule has 1 saturated carbocycles. The number of aromatic amines is 1. The van der Waals surface area contributed by atoms with Crippen LogP contribution >= 0.6 is 0 Å².